The molecule has 25 heavy (non-hydrogen) atoms. The van der Waals surface area contributed by atoms with Crippen molar-refractivity contribution in [1.82, 2.24) is 9.88 Å². The van der Waals surface area contributed by atoms with E-state index in [4.69, 9.17) is 4.74 Å². The number of carbonyl (C=O) groups is 1. The molecule has 130 valence electrons. The number of pyridine rings is 1. The Bertz CT molecular complexity index is 771. The Labute approximate surface area is 148 Å². The van der Waals surface area contributed by atoms with Crippen molar-refractivity contribution in [2.75, 3.05) is 31.2 Å². The van der Waals surface area contributed by atoms with Crippen LogP contribution in [-0.4, -0.2) is 48.1 Å². The van der Waals surface area contributed by atoms with Gasteiger partial charge in [-0.1, -0.05) is 24.3 Å². The van der Waals surface area contributed by atoms with Gasteiger partial charge >= 0.3 is 0 Å². The van der Waals surface area contributed by atoms with Gasteiger partial charge in [0.15, 0.2) is 0 Å². The van der Waals surface area contributed by atoms with Crippen LogP contribution in [0.4, 0.5) is 5.69 Å². The summed E-state index contributed by atoms with van der Waals surface area (Å²) < 4.78 is 5.41. The molecule has 0 saturated carbocycles. The standard InChI is InChI=1S/C20H23N3O2/c1-15-12-16-4-2-3-5-17(16)14-23(15)20(24)19-13-18(6-7-21-19)22-8-10-25-11-9-22/h2-7,13,15H,8-12,14H2,1H3/t15-/m0/s1. The first kappa shape index (κ1) is 16.1. The Morgan fingerprint density at radius 2 is 1.92 bits per heavy atom. The molecule has 1 amide bonds. The van der Waals surface area contributed by atoms with Gasteiger partial charge in [-0.25, -0.2) is 0 Å². The topological polar surface area (TPSA) is 45.7 Å². The summed E-state index contributed by atoms with van der Waals surface area (Å²) in [6.45, 7) is 5.92. The Kier molecular flexibility index (Phi) is 4.40. The minimum atomic E-state index is 0.0112. The zero-order chi connectivity index (χ0) is 17.2. The summed E-state index contributed by atoms with van der Waals surface area (Å²) in [6, 6.07) is 12.4. The van der Waals surface area contributed by atoms with Gasteiger partial charge in [-0.05, 0) is 36.6 Å². The summed E-state index contributed by atoms with van der Waals surface area (Å²) in [6.07, 6.45) is 2.63. The fourth-order valence-corrected chi connectivity index (χ4v) is 3.65. The minimum Gasteiger partial charge on any atom is -0.378 e. The summed E-state index contributed by atoms with van der Waals surface area (Å²) in [5.74, 6) is 0.0112. The highest BCUT2D eigenvalue weighted by atomic mass is 16.5. The number of fused-ring (bicyclic) bond motifs is 1. The smallest absolute Gasteiger partial charge is 0.273 e. The van der Waals surface area contributed by atoms with E-state index < -0.39 is 0 Å². The van der Waals surface area contributed by atoms with Gasteiger partial charge in [0, 0.05) is 37.6 Å². The van der Waals surface area contributed by atoms with Crippen LogP contribution in [0.25, 0.3) is 0 Å². The molecule has 1 aromatic heterocycles. The number of nitrogens with zero attached hydrogens (tertiary/aromatic N) is 3. The minimum absolute atomic E-state index is 0.0112. The first-order chi connectivity index (χ1) is 12.2. The third-order valence-electron chi connectivity index (χ3n) is 5.11. The predicted octanol–water partition coefficient (Wildman–Crippen LogP) is 2.51. The monoisotopic (exact) mass is 337 g/mol. The average Bonchev–Trinajstić information content (AvgIpc) is 2.68. The van der Waals surface area contributed by atoms with Crippen LogP contribution in [0, 0.1) is 0 Å². The molecule has 2 aliphatic rings. The third kappa shape index (κ3) is 3.24. The highest BCUT2D eigenvalue weighted by molar-refractivity contribution is 5.93. The van der Waals surface area contributed by atoms with Crippen molar-refractivity contribution in [3.05, 3.63) is 59.4 Å². The van der Waals surface area contributed by atoms with Crippen molar-refractivity contribution >= 4 is 11.6 Å². The van der Waals surface area contributed by atoms with E-state index in [1.807, 2.05) is 23.1 Å². The molecule has 0 aliphatic carbocycles. The summed E-state index contributed by atoms with van der Waals surface area (Å²) in [5.41, 5.74) is 4.15. The fourth-order valence-electron chi connectivity index (χ4n) is 3.65. The molecule has 1 fully saturated rings. The molecule has 2 aromatic rings. The molecule has 2 aliphatic heterocycles. The second-order valence-corrected chi connectivity index (χ2v) is 6.75. The molecule has 1 aromatic carbocycles. The maximum atomic E-state index is 13.1. The maximum absolute atomic E-state index is 13.1. The molecule has 0 unspecified atom stereocenters. The maximum Gasteiger partial charge on any atom is 0.273 e. The van der Waals surface area contributed by atoms with Crippen LogP contribution in [0.5, 0.6) is 0 Å². The van der Waals surface area contributed by atoms with E-state index in [9.17, 15) is 4.79 Å². The second kappa shape index (κ2) is 6.84. The first-order valence-electron chi connectivity index (χ1n) is 8.89. The van der Waals surface area contributed by atoms with Crippen LogP contribution in [-0.2, 0) is 17.7 Å². The number of benzene rings is 1. The van der Waals surface area contributed by atoms with Crippen LogP contribution in [0.1, 0.15) is 28.5 Å². The molecule has 0 bridgehead atoms. The Morgan fingerprint density at radius 1 is 1.16 bits per heavy atom. The lowest BCUT2D eigenvalue weighted by Gasteiger charge is -2.35. The number of aromatic nitrogens is 1. The summed E-state index contributed by atoms with van der Waals surface area (Å²) in [4.78, 5) is 21.6. The highest BCUT2D eigenvalue weighted by Gasteiger charge is 2.28. The Morgan fingerprint density at radius 3 is 2.72 bits per heavy atom. The number of ether oxygens (including phenoxy) is 1. The summed E-state index contributed by atoms with van der Waals surface area (Å²) in [5, 5.41) is 0. The zero-order valence-corrected chi connectivity index (χ0v) is 14.5. The zero-order valence-electron chi connectivity index (χ0n) is 14.5. The molecule has 5 nitrogen and oxygen atoms in total. The molecule has 1 saturated heterocycles. The van der Waals surface area contributed by atoms with E-state index in [1.165, 1.54) is 11.1 Å². The first-order valence-corrected chi connectivity index (χ1v) is 8.89. The predicted molar refractivity (Wildman–Crippen MR) is 96.8 cm³/mol. The molecule has 4 rings (SSSR count). The molecular weight excluding hydrogens is 314 g/mol. The molecule has 1 atom stereocenters. The van der Waals surface area contributed by atoms with E-state index >= 15 is 0 Å². The fraction of sp³-hybridized carbons (Fsp3) is 0.400. The average molecular weight is 337 g/mol. The molecule has 3 heterocycles. The van der Waals surface area contributed by atoms with Crippen molar-refractivity contribution in [3.8, 4) is 0 Å². The summed E-state index contributed by atoms with van der Waals surface area (Å²) in [7, 11) is 0. The van der Waals surface area contributed by atoms with Crippen molar-refractivity contribution < 1.29 is 9.53 Å². The number of morpholine rings is 1. The van der Waals surface area contributed by atoms with Gasteiger partial charge < -0.3 is 14.5 Å². The van der Waals surface area contributed by atoms with Gasteiger partial charge in [0.05, 0.1) is 13.2 Å². The number of rotatable bonds is 2. The largest absolute Gasteiger partial charge is 0.378 e. The Balaban J connectivity index is 1.56. The van der Waals surface area contributed by atoms with Crippen molar-refractivity contribution in [3.63, 3.8) is 0 Å². The molecule has 0 spiro atoms. The number of anilines is 1. The van der Waals surface area contributed by atoms with E-state index in [2.05, 4.69) is 35.0 Å². The lowest BCUT2D eigenvalue weighted by Crippen LogP contribution is -2.43. The summed E-state index contributed by atoms with van der Waals surface area (Å²) >= 11 is 0. The van der Waals surface area contributed by atoms with Crippen LogP contribution in [0.2, 0.25) is 0 Å². The number of amides is 1. The number of carbonyl (C=O) groups excluding carboxylic acids is 1. The SMILES string of the molecule is C[C@H]1Cc2ccccc2CN1C(=O)c1cc(N2CCOCC2)ccn1. The van der Waals surface area contributed by atoms with E-state index in [0.29, 0.717) is 12.2 Å². The van der Waals surface area contributed by atoms with Gasteiger partial charge in [0.25, 0.3) is 5.91 Å². The van der Waals surface area contributed by atoms with E-state index in [0.717, 1.165) is 38.4 Å². The third-order valence-corrected chi connectivity index (χ3v) is 5.11. The molecule has 0 N–H and O–H groups in total. The number of hydrogen-bond donors (Lipinski definition) is 0. The van der Waals surface area contributed by atoms with E-state index in [1.54, 1.807) is 6.20 Å². The second-order valence-electron chi connectivity index (χ2n) is 6.75. The van der Waals surface area contributed by atoms with E-state index in [-0.39, 0.29) is 11.9 Å². The van der Waals surface area contributed by atoms with Gasteiger partial charge in [-0.2, -0.15) is 0 Å². The number of hydrogen-bond acceptors (Lipinski definition) is 4. The van der Waals surface area contributed by atoms with Gasteiger partial charge in [-0.15, -0.1) is 0 Å². The normalized spacial score (nSPS) is 20.3. The van der Waals surface area contributed by atoms with Crippen molar-refractivity contribution in [2.24, 2.45) is 0 Å². The lowest BCUT2D eigenvalue weighted by atomic mass is 9.94. The van der Waals surface area contributed by atoms with Crippen LogP contribution in [0.3, 0.4) is 0 Å². The highest BCUT2D eigenvalue weighted by Crippen LogP contribution is 2.25. The molecular formula is C20H23N3O2. The molecule has 0 radical (unpaired) electrons. The van der Waals surface area contributed by atoms with Gasteiger partial charge in [0.2, 0.25) is 0 Å². The van der Waals surface area contributed by atoms with Gasteiger partial charge in [0.1, 0.15) is 5.69 Å². The van der Waals surface area contributed by atoms with Crippen molar-refractivity contribution in [2.45, 2.75) is 25.9 Å². The van der Waals surface area contributed by atoms with Crippen LogP contribution in [0.15, 0.2) is 42.6 Å². The lowest BCUT2D eigenvalue weighted by molar-refractivity contribution is 0.0652. The van der Waals surface area contributed by atoms with Gasteiger partial charge in [-0.3, -0.25) is 9.78 Å². The Hall–Kier alpha value is -2.40. The van der Waals surface area contributed by atoms with Crippen LogP contribution >= 0.6 is 0 Å². The van der Waals surface area contributed by atoms with Crippen LogP contribution < -0.4 is 4.90 Å². The molecule has 5 heteroatoms. The quantitative estimate of drug-likeness (QED) is 0.845. The van der Waals surface area contributed by atoms with Crippen molar-refractivity contribution in [1.29, 1.82) is 0 Å².